The molecule has 0 atom stereocenters. The van der Waals surface area contributed by atoms with Gasteiger partial charge < -0.3 is 15.3 Å². The van der Waals surface area contributed by atoms with Gasteiger partial charge in [-0.15, -0.1) is 0 Å². The predicted octanol–water partition coefficient (Wildman–Crippen LogP) is 1.65. The van der Waals surface area contributed by atoms with Crippen molar-refractivity contribution in [2.24, 2.45) is 0 Å². The van der Waals surface area contributed by atoms with E-state index in [-0.39, 0.29) is 6.61 Å². The highest BCUT2D eigenvalue weighted by Crippen LogP contribution is 2.17. The molecule has 0 fully saturated rings. The molecule has 18 heavy (non-hydrogen) atoms. The zero-order valence-electron chi connectivity index (χ0n) is 10.2. The molecular weight excluding hydrogens is 228 g/mol. The maximum atomic E-state index is 8.90. The van der Waals surface area contributed by atoms with Gasteiger partial charge in [-0.2, -0.15) is 0 Å². The molecule has 0 saturated carbocycles. The average molecular weight is 244 g/mol. The van der Waals surface area contributed by atoms with Crippen molar-refractivity contribution in [3.05, 3.63) is 42.7 Å². The lowest BCUT2D eigenvalue weighted by molar-refractivity contribution is 0.304. The Hall–Kier alpha value is -2.14. The number of likely N-dealkylation sites (N-methyl/N-ethyl adjacent to an activating group) is 1. The van der Waals surface area contributed by atoms with Gasteiger partial charge in [0.05, 0.1) is 6.61 Å². The van der Waals surface area contributed by atoms with Crippen LogP contribution in [0.5, 0.6) is 0 Å². The summed E-state index contributed by atoms with van der Waals surface area (Å²) < 4.78 is 0. The fourth-order valence-corrected chi connectivity index (χ4v) is 1.56. The van der Waals surface area contributed by atoms with Crippen LogP contribution < -0.4 is 10.2 Å². The zero-order chi connectivity index (χ0) is 12.8. The number of hydrogen-bond donors (Lipinski definition) is 2. The molecule has 2 aromatic rings. The second kappa shape index (κ2) is 5.97. The average Bonchev–Trinajstić information content (AvgIpc) is 2.40. The summed E-state index contributed by atoms with van der Waals surface area (Å²) in [5, 5.41) is 12.1. The molecule has 0 saturated heterocycles. The second-order valence-electron chi connectivity index (χ2n) is 3.90. The molecule has 0 aliphatic heterocycles. The SMILES string of the molecule is CN(CCO)c1cc(Nc2ccccc2)ncn1. The van der Waals surface area contributed by atoms with E-state index in [4.69, 9.17) is 5.11 Å². The van der Waals surface area contributed by atoms with E-state index in [2.05, 4.69) is 15.3 Å². The Morgan fingerprint density at radius 1 is 1.22 bits per heavy atom. The molecule has 5 nitrogen and oxygen atoms in total. The molecular formula is C13H16N4O. The molecule has 1 heterocycles. The first-order chi connectivity index (χ1) is 8.79. The van der Waals surface area contributed by atoms with Gasteiger partial charge in [-0.1, -0.05) is 18.2 Å². The minimum absolute atomic E-state index is 0.0992. The van der Waals surface area contributed by atoms with E-state index in [0.29, 0.717) is 6.54 Å². The molecule has 0 bridgehead atoms. The van der Waals surface area contributed by atoms with Gasteiger partial charge in [0.25, 0.3) is 0 Å². The first-order valence-corrected chi connectivity index (χ1v) is 5.75. The van der Waals surface area contributed by atoms with Crippen LogP contribution in [0.3, 0.4) is 0 Å². The van der Waals surface area contributed by atoms with Crippen LogP contribution in [-0.2, 0) is 0 Å². The van der Waals surface area contributed by atoms with Crippen LogP contribution in [-0.4, -0.2) is 35.3 Å². The van der Waals surface area contributed by atoms with Crippen molar-refractivity contribution in [1.82, 2.24) is 9.97 Å². The van der Waals surface area contributed by atoms with Gasteiger partial charge >= 0.3 is 0 Å². The Morgan fingerprint density at radius 3 is 2.72 bits per heavy atom. The van der Waals surface area contributed by atoms with Gasteiger partial charge in [0, 0.05) is 25.3 Å². The number of benzene rings is 1. The number of para-hydroxylation sites is 1. The van der Waals surface area contributed by atoms with Crippen molar-refractivity contribution in [3.63, 3.8) is 0 Å². The first-order valence-electron chi connectivity index (χ1n) is 5.75. The van der Waals surface area contributed by atoms with Gasteiger partial charge in [-0.25, -0.2) is 9.97 Å². The van der Waals surface area contributed by atoms with Crippen LogP contribution in [0.15, 0.2) is 42.7 Å². The van der Waals surface area contributed by atoms with Gasteiger partial charge in [0.1, 0.15) is 18.0 Å². The Morgan fingerprint density at radius 2 is 2.00 bits per heavy atom. The lowest BCUT2D eigenvalue weighted by Gasteiger charge is -2.17. The summed E-state index contributed by atoms with van der Waals surface area (Å²) in [4.78, 5) is 10.2. The predicted molar refractivity (Wildman–Crippen MR) is 72.1 cm³/mol. The second-order valence-corrected chi connectivity index (χ2v) is 3.90. The van der Waals surface area contributed by atoms with Gasteiger partial charge in [-0.3, -0.25) is 0 Å². The maximum absolute atomic E-state index is 8.90. The highest BCUT2D eigenvalue weighted by molar-refractivity contribution is 5.58. The van der Waals surface area contributed by atoms with Crippen LogP contribution >= 0.6 is 0 Å². The third kappa shape index (κ3) is 3.18. The van der Waals surface area contributed by atoms with E-state index in [1.807, 2.05) is 48.3 Å². The van der Waals surface area contributed by atoms with E-state index in [0.717, 1.165) is 17.3 Å². The van der Waals surface area contributed by atoms with Crippen molar-refractivity contribution < 1.29 is 5.11 Å². The lowest BCUT2D eigenvalue weighted by Crippen LogP contribution is -2.22. The number of hydrogen-bond acceptors (Lipinski definition) is 5. The summed E-state index contributed by atoms with van der Waals surface area (Å²) >= 11 is 0. The molecule has 0 spiro atoms. The number of aliphatic hydroxyl groups excluding tert-OH is 1. The number of anilines is 3. The van der Waals surface area contributed by atoms with Gasteiger partial charge in [-0.05, 0) is 12.1 Å². The Labute approximate surface area is 106 Å². The monoisotopic (exact) mass is 244 g/mol. The normalized spacial score (nSPS) is 10.1. The largest absolute Gasteiger partial charge is 0.395 e. The van der Waals surface area contributed by atoms with Crippen molar-refractivity contribution in [3.8, 4) is 0 Å². The molecule has 1 aromatic heterocycles. The molecule has 2 N–H and O–H groups in total. The molecule has 2 rings (SSSR count). The standard InChI is InChI=1S/C13H16N4O/c1-17(7-8-18)13-9-12(14-10-15-13)16-11-5-3-2-4-6-11/h2-6,9-10,18H,7-8H2,1H3,(H,14,15,16). The molecule has 0 aliphatic carbocycles. The van der Waals surface area contributed by atoms with Crippen molar-refractivity contribution in [1.29, 1.82) is 0 Å². The Kier molecular flexibility index (Phi) is 4.09. The third-order valence-corrected chi connectivity index (χ3v) is 2.53. The van der Waals surface area contributed by atoms with E-state index in [1.54, 1.807) is 0 Å². The quantitative estimate of drug-likeness (QED) is 0.837. The molecule has 0 radical (unpaired) electrons. The maximum Gasteiger partial charge on any atom is 0.135 e. The highest BCUT2D eigenvalue weighted by Gasteiger charge is 2.03. The van der Waals surface area contributed by atoms with Crippen LogP contribution in [0.1, 0.15) is 0 Å². The van der Waals surface area contributed by atoms with E-state index < -0.39 is 0 Å². The number of nitrogens with zero attached hydrogens (tertiary/aromatic N) is 3. The van der Waals surface area contributed by atoms with Crippen molar-refractivity contribution in [2.45, 2.75) is 0 Å². The van der Waals surface area contributed by atoms with Crippen LogP contribution in [0, 0.1) is 0 Å². The minimum Gasteiger partial charge on any atom is -0.395 e. The van der Waals surface area contributed by atoms with E-state index in [9.17, 15) is 0 Å². The number of aliphatic hydroxyl groups is 1. The van der Waals surface area contributed by atoms with Crippen LogP contribution in [0.4, 0.5) is 17.3 Å². The summed E-state index contributed by atoms with van der Waals surface area (Å²) in [6, 6.07) is 11.7. The van der Waals surface area contributed by atoms with Gasteiger partial charge in [0.2, 0.25) is 0 Å². The molecule has 0 unspecified atom stereocenters. The van der Waals surface area contributed by atoms with Crippen LogP contribution in [0.25, 0.3) is 0 Å². The Balaban J connectivity index is 2.12. The summed E-state index contributed by atoms with van der Waals surface area (Å²) in [5.41, 5.74) is 0.979. The number of rotatable bonds is 5. The smallest absolute Gasteiger partial charge is 0.135 e. The van der Waals surface area contributed by atoms with E-state index >= 15 is 0 Å². The van der Waals surface area contributed by atoms with Crippen LogP contribution in [0.2, 0.25) is 0 Å². The molecule has 94 valence electrons. The van der Waals surface area contributed by atoms with Crippen molar-refractivity contribution in [2.75, 3.05) is 30.4 Å². The minimum atomic E-state index is 0.0992. The fourth-order valence-electron chi connectivity index (χ4n) is 1.56. The first kappa shape index (κ1) is 12.3. The Bertz CT molecular complexity index is 489. The number of nitrogens with one attached hydrogen (secondary N) is 1. The van der Waals surface area contributed by atoms with Crippen molar-refractivity contribution >= 4 is 17.3 Å². The highest BCUT2D eigenvalue weighted by atomic mass is 16.3. The zero-order valence-corrected chi connectivity index (χ0v) is 10.2. The summed E-state index contributed by atoms with van der Waals surface area (Å²) in [6.45, 7) is 0.643. The fraction of sp³-hybridized carbons (Fsp3) is 0.231. The summed E-state index contributed by atoms with van der Waals surface area (Å²) in [7, 11) is 1.88. The molecule has 1 aromatic carbocycles. The topological polar surface area (TPSA) is 61.3 Å². The van der Waals surface area contributed by atoms with E-state index in [1.165, 1.54) is 6.33 Å². The molecule has 0 amide bonds. The number of aromatic nitrogens is 2. The molecule has 5 heteroatoms. The van der Waals surface area contributed by atoms with Gasteiger partial charge in [0.15, 0.2) is 0 Å². The summed E-state index contributed by atoms with van der Waals surface area (Å²) in [6.07, 6.45) is 1.51. The molecule has 0 aliphatic rings. The third-order valence-electron chi connectivity index (χ3n) is 2.53. The lowest BCUT2D eigenvalue weighted by atomic mass is 10.3. The summed E-state index contributed by atoms with van der Waals surface area (Å²) in [5.74, 6) is 1.51.